The molecule has 7 heteroatoms. The van der Waals surface area contributed by atoms with Gasteiger partial charge in [0.25, 0.3) is 11.5 Å². The molecule has 1 N–H and O–H groups in total. The minimum Gasteiger partial charge on any atom is -0.339 e. The van der Waals surface area contributed by atoms with Crippen molar-refractivity contribution in [2.45, 2.75) is 26.7 Å². The molecule has 1 aliphatic heterocycles. The smallest absolute Gasteiger partial charge is 0.274 e. The summed E-state index contributed by atoms with van der Waals surface area (Å²) in [5.41, 5.74) is -0.114. The molecule has 1 fully saturated rings. The number of nitrogens with zero attached hydrogens (tertiary/aromatic N) is 3. The number of hydrogen-bond donors (Lipinski definition) is 1. The van der Waals surface area contributed by atoms with E-state index in [1.807, 2.05) is 18.7 Å². The predicted molar refractivity (Wildman–Crippen MR) is 81.4 cm³/mol. The Morgan fingerprint density at radius 2 is 1.73 bits per heavy atom. The van der Waals surface area contributed by atoms with Gasteiger partial charge in [0.05, 0.1) is 0 Å². The van der Waals surface area contributed by atoms with E-state index in [0.717, 1.165) is 12.8 Å². The van der Waals surface area contributed by atoms with Crippen LogP contribution in [-0.4, -0.2) is 58.0 Å². The number of rotatable bonds is 4. The summed E-state index contributed by atoms with van der Waals surface area (Å²) in [7, 11) is 0. The van der Waals surface area contributed by atoms with Gasteiger partial charge in [-0.25, -0.2) is 5.10 Å². The van der Waals surface area contributed by atoms with Crippen molar-refractivity contribution >= 4 is 11.8 Å². The van der Waals surface area contributed by atoms with Crippen LogP contribution >= 0.6 is 0 Å². The summed E-state index contributed by atoms with van der Waals surface area (Å²) in [6.45, 7) is 6.12. The number of H-pyrrole nitrogens is 1. The molecule has 2 rings (SSSR count). The molecule has 1 aliphatic rings. The fourth-order valence-electron chi connectivity index (χ4n) is 2.65. The van der Waals surface area contributed by atoms with Gasteiger partial charge in [-0.05, 0) is 18.9 Å². The fourth-order valence-corrected chi connectivity index (χ4v) is 2.65. The van der Waals surface area contributed by atoms with Crippen molar-refractivity contribution in [1.29, 1.82) is 0 Å². The molecule has 1 aromatic rings. The second-order valence-corrected chi connectivity index (χ2v) is 5.44. The standard InChI is InChI=1S/C15H22N4O3/c1-3-11(4-2)14(21)18-7-9-19(10-8-18)15(22)12-5-6-13(20)17-16-12/h5-6,11H,3-4,7-10H2,1-2H3,(H,17,20). The molecule has 7 nitrogen and oxygen atoms in total. The summed E-state index contributed by atoms with van der Waals surface area (Å²) >= 11 is 0. The molecule has 1 aromatic heterocycles. The molecular weight excluding hydrogens is 284 g/mol. The molecule has 2 heterocycles. The van der Waals surface area contributed by atoms with Crippen molar-refractivity contribution in [2.24, 2.45) is 5.92 Å². The predicted octanol–water partition coefficient (Wildman–Crippen LogP) is 0.491. The lowest BCUT2D eigenvalue weighted by Gasteiger charge is -2.36. The van der Waals surface area contributed by atoms with Crippen LogP contribution in [0.1, 0.15) is 37.2 Å². The van der Waals surface area contributed by atoms with Gasteiger partial charge in [0.2, 0.25) is 5.91 Å². The molecule has 0 bridgehead atoms. The van der Waals surface area contributed by atoms with Crippen LogP contribution < -0.4 is 5.56 Å². The SMILES string of the molecule is CCC(CC)C(=O)N1CCN(C(=O)c2ccc(=O)[nH]n2)CC1. The maximum atomic E-state index is 12.3. The first kappa shape index (κ1) is 16.2. The third-order valence-corrected chi connectivity index (χ3v) is 4.11. The minimum absolute atomic E-state index is 0.0723. The van der Waals surface area contributed by atoms with Crippen molar-refractivity contribution < 1.29 is 9.59 Å². The molecule has 0 radical (unpaired) electrons. The monoisotopic (exact) mass is 306 g/mol. The van der Waals surface area contributed by atoms with Gasteiger partial charge in [-0.1, -0.05) is 13.8 Å². The summed E-state index contributed by atoms with van der Waals surface area (Å²) in [6.07, 6.45) is 1.69. The van der Waals surface area contributed by atoms with Crippen molar-refractivity contribution in [2.75, 3.05) is 26.2 Å². The highest BCUT2D eigenvalue weighted by Crippen LogP contribution is 2.14. The Morgan fingerprint density at radius 1 is 1.14 bits per heavy atom. The van der Waals surface area contributed by atoms with E-state index in [1.54, 1.807) is 4.90 Å². The lowest BCUT2D eigenvalue weighted by molar-refractivity contribution is -0.137. The van der Waals surface area contributed by atoms with Crippen LogP contribution in [0.5, 0.6) is 0 Å². The first-order chi connectivity index (χ1) is 10.6. The maximum absolute atomic E-state index is 12.3. The molecule has 120 valence electrons. The van der Waals surface area contributed by atoms with E-state index in [1.165, 1.54) is 12.1 Å². The van der Waals surface area contributed by atoms with Gasteiger partial charge in [0.15, 0.2) is 0 Å². The van der Waals surface area contributed by atoms with Gasteiger partial charge in [0.1, 0.15) is 5.69 Å². The highest BCUT2D eigenvalue weighted by atomic mass is 16.2. The Bertz CT molecular complexity index is 566. The second-order valence-electron chi connectivity index (χ2n) is 5.44. The summed E-state index contributed by atoms with van der Waals surface area (Å²) in [6, 6.07) is 2.70. The molecule has 0 aromatic carbocycles. The molecule has 22 heavy (non-hydrogen) atoms. The van der Waals surface area contributed by atoms with E-state index < -0.39 is 0 Å². The van der Waals surface area contributed by atoms with Crippen LogP contribution in [0.15, 0.2) is 16.9 Å². The Morgan fingerprint density at radius 3 is 2.23 bits per heavy atom. The minimum atomic E-state index is -0.336. The zero-order valence-electron chi connectivity index (χ0n) is 13.0. The number of piperazine rings is 1. The maximum Gasteiger partial charge on any atom is 0.274 e. The summed E-state index contributed by atoms with van der Waals surface area (Å²) < 4.78 is 0. The van der Waals surface area contributed by atoms with E-state index in [9.17, 15) is 14.4 Å². The Kier molecular flexibility index (Phi) is 5.30. The van der Waals surface area contributed by atoms with Crippen LogP contribution in [0, 0.1) is 5.92 Å². The Hall–Kier alpha value is -2.18. The zero-order valence-corrected chi connectivity index (χ0v) is 13.0. The first-order valence-electron chi connectivity index (χ1n) is 7.70. The van der Waals surface area contributed by atoms with Crippen molar-refractivity contribution in [3.8, 4) is 0 Å². The first-order valence-corrected chi connectivity index (χ1v) is 7.70. The number of carbonyl (C=O) groups is 2. The topological polar surface area (TPSA) is 86.4 Å². The molecule has 0 unspecified atom stereocenters. The quantitative estimate of drug-likeness (QED) is 0.877. The molecule has 0 atom stereocenters. The van der Waals surface area contributed by atoms with Gasteiger partial charge in [-0.2, -0.15) is 5.10 Å². The molecule has 0 aliphatic carbocycles. The molecule has 0 saturated carbocycles. The average Bonchev–Trinajstić information content (AvgIpc) is 2.56. The molecule has 0 spiro atoms. The van der Waals surface area contributed by atoms with Crippen molar-refractivity contribution in [3.05, 3.63) is 28.2 Å². The lowest BCUT2D eigenvalue weighted by atomic mass is 10.0. The van der Waals surface area contributed by atoms with E-state index in [4.69, 9.17) is 0 Å². The average molecular weight is 306 g/mol. The third-order valence-electron chi connectivity index (χ3n) is 4.11. The van der Waals surface area contributed by atoms with Crippen LogP contribution in [-0.2, 0) is 4.79 Å². The van der Waals surface area contributed by atoms with Gasteiger partial charge in [-0.3, -0.25) is 14.4 Å². The summed E-state index contributed by atoms with van der Waals surface area (Å²) in [5.74, 6) is 0.0354. The van der Waals surface area contributed by atoms with Crippen LogP contribution in [0.2, 0.25) is 0 Å². The number of hydrogen-bond acceptors (Lipinski definition) is 4. The molecule has 1 saturated heterocycles. The van der Waals surface area contributed by atoms with E-state index in [2.05, 4.69) is 10.2 Å². The normalized spacial score (nSPS) is 15.2. The van der Waals surface area contributed by atoms with Crippen LogP contribution in [0.4, 0.5) is 0 Å². The van der Waals surface area contributed by atoms with E-state index >= 15 is 0 Å². The van der Waals surface area contributed by atoms with Gasteiger partial charge in [-0.15, -0.1) is 0 Å². The Labute approximate surface area is 129 Å². The number of nitrogens with one attached hydrogen (secondary N) is 1. The van der Waals surface area contributed by atoms with Gasteiger partial charge in [0, 0.05) is 38.2 Å². The largest absolute Gasteiger partial charge is 0.339 e. The number of aromatic nitrogens is 2. The third kappa shape index (κ3) is 3.52. The van der Waals surface area contributed by atoms with Crippen LogP contribution in [0.3, 0.4) is 0 Å². The summed E-state index contributed by atoms with van der Waals surface area (Å²) in [5, 5.41) is 6.01. The van der Waals surface area contributed by atoms with E-state index in [-0.39, 0.29) is 29.0 Å². The highest BCUT2D eigenvalue weighted by Gasteiger charge is 2.28. The van der Waals surface area contributed by atoms with Crippen molar-refractivity contribution in [3.63, 3.8) is 0 Å². The van der Waals surface area contributed by atoms with E-state index in [0.29, 0.717) is 26.2 Å². The van der Waals surface area contributed by atoms with Gasteiger partial charge < -0.3 is 9.80 Å². The van der Waals surface area contributed by atoms with Gasteiger partial charge >= 0.3 is 0 Å². The molecule has 2 amide bonds. The number of carbonyl (C=O) groups excluding carboxylic acids is 2. The highest BCUT2D eigenvalue weighted by molar-refractivity contribution is 5.92. The zero-order chi connectivity index (χ0) is 16.1. The number of amides is 2. The lowest BCUT2D eigenvalue weighted by Crippen LogP contribution is -2.52. The number of aromatic amines is 1. The Balaban J connectivity index is 1.94. The molecular formula is C15H22N4O3. The summed E-state index contributed by atoms with van der Waals surface area (Å²) in [4.78, 5) is 39.1. The van der Waals surface area contributed by atoms with Crippen LogP contribution in [0.25, 0.3) is 0 Å². The van der Waals surface area contributed by atoms with Crippen molar-refractivity contribution in [1.82, 2.24) is 20.0 Å². The fraction of sp³-hybridized carbons (Fsp3) is 0.600. The second kappa shape index (κ2) is 7.20.